The van der Waals surface area contributed by atoms with Crippen LogP contribution in [-0.4, -0.2) is 67.6 Å². The molecule has 1 N–H and O–H groups in total. The molecule has 2 aliphatic heterocycles. The van der Waals surface area contributed by atoms with Crippen LogP contribution in [0.4, 0.5) is 21.6 Å². The van der Waals surface area contributed by atoms with Crippen molar-refractivity contribution in [2.75, 3.05) is 51.9 Å². The molecule has 3 heterocycles. The van der Waals surface area contributed by atoms with Crippen molar-refractivity contribution in [1.29, 1.82) is 0 Å². The number of aromatic nitrogens is 2. The number of aliphatic imine (C=N–C) groups is 1. The Bertz CT molecular complexity index is 1250. The fourth-order valence-electron chi connectivity index (χ4n) is 3.74. The second kappa shape index (κ2) is 10.4. The summed E-state index contributed by atoms with van der Waals surface area (Å²) in [5.41, 5.74) is 1.15. The normalized spacial score (nSPS) is 14.9. The first-order valence-electron chi connectivity index (χ1n) is 11.1. The van der Waals surface area contributed by atoms with Crippen LogP contribution in [0, 0.1) is 5.82 Å². The number of morpholine rings is 1. The van der Waals surface area contributed by atoms with Crippen LogP contribution in [-0.2, 0) is 4.74 Å². The molecule has 2 aromatic carbocycles. The molecule has 0 amide bonds. The third-order valence-electron chi connectivity index (χ3n) is 5.60. The summed E-state index contributed by atoms with van der Waals surface area (Å²) < 4.78 is 37.4. The van der Waals surface area contributed by atoms with E-state index in [0.29, 0.717) is 35.1 Å². The molecule has 0 atom stereocenters. The largest absolute Gasteiger partial charge is 0.493 e. The highest BCUT2D eigenvalue weighted by Gasteiger charge is 2.21. The number of hydrogen-bond donors (Lipinski definition) is 1. The summed E-state index contributed by atoms with van der Waals surface area (Å²) in [6.07, 6.45) is 2.93. The van der Waals surface area contributed by atoms with Crippen molar-refractivity contribution in [2.45, 2.75) is 0 Å². The van der Waals surface area contributed by atoms with Gasteiger partial charge in [0.1, 0.15) is 18.7 Å². The minimum absolute atomic E-state index is 0.00412. The molecular formula is C24H23ClFN5O4. The van der Waals surface area contributed by atoms with E-state index in [0.717, 1.165) is 32.8 Å². The Morgan fingerprint density at radius 3 is 2.86 bits per heavy atom. The van der Waals surface area contributed by atoms with Gasteiger partial charge in [-0.15, -0.1) is 0 Å². The Morgan fingerprint density at radius 1 is 1.17 bits per heavy atom. The van der Waals surface area contributed by atoms with Gasteiger partial charge in [0, 0.05) is 37.5 Å². The van der Waals surface area contributed by atoms with Crippen LogP contribution in [0.1, 0.15) is 5.56 Å². The van der Waals surface area contributed by atoms with Crippen LogP contribution in [0.3, 0.4) is 0 Å². The lowest BCUT2D eigenvalue weighted by molar-refractivity contribution is 0.0321. The van der Waals surface area contributed by atoms with Gasteiger partial charge in [-0.3, -0.25) is 4.90 Å². The Morgan fingerprint density at radius 2 is 2.03 bits per heavy atom. The zero-order valence-corrected chi connectivity index (χ0v) is 19.7. The summed E-state index contributed by atoms with van der Waals surface area (Å²) >= 11 is 5.90. The quantitative estimate of drug-likeness (QED) is 0.395. The zero-order chi connectivity index (χ0) is 24.2. The number of anilines is 2. The van der Waals surface area contributed by atoms with Gasteiger partial charge in [0.05, 0.1) is 31.0 Å². The minimum Gasteiger partial charge on any atom is -0.493 e. The molecule has 5 rings (SSSR count). The summed E-state index contributed by atoms with van der Waals surface area (Å²) in [5, 5.41) is 2.92. The molecule has 11 heteroatoms. The topological polar surface area (TPSA) is 90.3 Å². The van der Waals surface area contributed by atoms with E-state index in [9.17, 15) is 4.39 Å². The number of nitrogens with zero attached hydrogens (tertiary/aromatic N) is 4. The second-order valence-electron chi connectivity index (χ2n) is 7.81. The molecule has 9 nitrogen and oxygen atoms in total. The molecule has 1 aromatic heterocycles. The number of fused-ring (bicyclic) bond motifs is 2. The predicted molar refractivity (Wildman–Crippen MR) is 130 cm³/mol. The maximum absolute atomic E-state index is 14.4. The van der Waals surface area contributed by atoms with Gasteiger partial charge in [0.15, 0.2) is 28.8 Å². The lowest BCUT2D eigenvalue weighted by atomic mass is 10.2. The van der Waals surface area contributed by atoms with Crippen molar-refractivity contribution in [3.8, 4) is 23.1 Å². The number of halogens is 2. The third kappa shape index (κ3) is 5.14. The average molecular weight is 500 g/mol. The van der Waals surface area contributed by atoms with E-state index in [1.165, 1.54) is 12.4 Å². The Balaban J connectivity index is 1.38. The third-order valence-corrected chi connectivity index (χ3v) is 5.89. The summed E-state index contributed by atoms with van der Waals surface area (Å²) in [4.78, 5) is 15.2. The highest BCUT2D eigenvalue weighted by molar-refractivity contribution is 6.31. The number of rotatable bonds is 7. The summed E-state index contributed by atoms with van der Waals surface area (Å²) in [7, 11) is 1.57. The Kier molecular flexibility index (Phi) is 6.94. The van der Waals surface area contributed by atoms with Crippen LogP contribution >= 0.6 is 11.6 Å². The van der Waals surface area contributed by atoms with Crippen LogP contribution in [0.15, 0.2) is 41.7 Å². The molecule has 2 aliphatic rings. The van der Waals surface area contributed by atoms with Crippen molar-refractivity contribution < 1.29 is 23.3 Å². The number of benzene rings is 2. The Labute approximate surface area is 206 Å². The smallest absolute Gasteiger partial charge is 0.250 e. The minimum atomic E-state index is -0.591. The number of hydrogen-bond acceptors (Lipinski definition) is 9. The van der Waals surface area contributed by atoms with Gasteiger partial charge in [0.25, 0.3) is 5.88 Å². The van der Waals surface area contributed by atoms with Gasteiger partial charge in [-0.25, -0.2) is 14.4 Å². The molecule has 0 radical (unpaired) electrons. The Hall–Kier alpha value is -3.47. The number of nitrogens with one attached hydrogen (secondary N) is 1. The van der Waals surface area contributed by atoms with Crippen LogP contribution < -0.4 is 19.5 Å². The molecule has 1 fully saturated rings. The van der Waals surface area contributed by atoms with Crippen molar-refractivity contribution >= 4 is 35.0 Å². The molecule has 0 aliphatic carbocycles. The molecule has 0 saturated carbocycles. The highest BCUT2D eigenvalue weighted by Crippen LogP contribution is 2.43. The maximum Gasteiger partial charge on any atom is 0.250 e. The summed E-state index contributed by atoms with van der Waals surface area (Å²) in [6.45, 7) is 4.53. The first kappa shape index (κ1) is 23.3. The second-order valence-corrected chi connectivity index (χ2v) is 8.21. The van der Waals surface area contributed by atoms with Crippen molar-refractivity contribution in [1.82, 2.24) is 14.9 Å². The van der Waals surface area contributed by atoms with E-state index >= 15 is 0 Å². The lowest BCUT2D eigenvalue weighted by Crippen LogP contribution is -2.38. The average Bonchev–Trinajstić information content (AvgIpc) is 3.06. The fraction of sp³-hybridized carbons (Fsp3) is 0.292. The number of ether oxygens (including phenoxy) is 4. The molecule has 3 aromatic rings. The molecular weight excluding hydrogens is 477 g/mol. The van der Waals surface area contributed by atoms with Gasteiger partial charge in [-0.2, -0.15) is 4.98 Å². The fourth-order valence-corrected chi connectivity index (χ4v) is 3.91. The molecule has 35 heavy (non-hydrogen) atoms. The summed E-state index contributed by atoms with van der Waals surface area (Å²) in [5.74, 6) is 1.48. The van der Waals surface area contributed by atoms with Crippen molar-refractivity contribution in [3.05, 3.63) is 53.1 Å². The molecule has 0 bridgehead atoms. The zero-order valence-electron chi connectivity index (χ0n) is 19.0. The van der Waals surface area contributed by atoms with E-state index in [1.54, 1.807) is 37.6 Å². The molecule has 182 valence electrons. The van der Waals surface area contributed by atoms with Gasteiger partial charge in [-0.1, -0.05) is 17.7 Å². The van der Waals surface area contributed by atoms with Gasteiger partial charge >= 0.3 is 0 Å². The first-order chi connectivity index (χ1) is 17.1. The monoisotopic (exact) mass is 499 g/mol. The predicted octanol–water partition coefficient (Wildman–Crippen LogP) is 4.59. The van der Waals surface area contributed by atoms with Crippen molar-refractivity contribution in [3.63, 3.8) is 0 Å². The molecule has 1 saturated heterocycles. The van der Waals surface area contributed by atoms with E-state index in [1.807, 2.05) is 0 Å². The molecule has 0 spiro atoms. The highest BCUT2D eigenvalue weighted by atomic mass is 35.5. The van der Waals surface area contributed by atoms with Crippen molar-refractivity contribution in [2.24, 2.45) is 4.99 Å². The van der Waals surface area contributed by atoms with Crippen LogP contribution in [0.2, 0.25) is 5.02 Å². The van der Waals surface area contributed by atoms with Gasteiger partial charge < -0.3 is 24.3 Å². The number of methoxy groups -OCH3 is 1. The standard InChI is InChI=1S/C24H23ClFN5O4/c1-32-19-12-18-15(11-20(19)34-10-7-31-5-8-33-9-6-31)13-27-22-23(28-14-29-24(22)35-18)30-17-4-2-3-16(25)21(17)26/h2-4,11-14H,5-10H2,1H3,(H,28,29,30). The van der Waals surface area contributed by atoms with Crippen LogP contribution in [0.25, 0.3) is 0 Å². The lowest BCUT2D eigenvalue weighted by Gasteiger charge is -2.26. The van der Waals surface area contributed by atoms with Crippen LogP contribution in [0.5, 0.6) is 23.1 Å². The van der Waals surface area contributed by atoms with E-state index in [4.69, 9.17) is 30.5 Å². The SMILES string of the molecule is COc1cc2c(cc1OCCN1CCOCC1)C=Nc1c(Nc3cccc(Cl)c3F)ncnc1O2. The van der Waals surface area contributed by atoms with Gasteiger partial charge in [0.2, 0.25) is 0 Å². The maximum atomic E-state index is 14.4. The molecule has 0 unspecified atom stereocenters. The first-order valence-corrected chi connectivity index (χ1v) is 11.4. The van der Waals surface area contributed by atoms with E-state index in [2.05, 4.69) is 25.2 Å². The van der Waals surface area contributed by atoms with E-state index in [-0.39, 0.29) is 22.4 Å². The van der Waals surface area contributed by atoms with Gasteiger partial charge in [-0.05, 0) is 18.2 Å². The van der Waals surface area contributed by atoms with E-state index < -0.39 is 5.82 Å². The summed E-state index contributed by atoms with van der Waals surface area (Å²) in [6, 6.07) is 8.19.